The molecular formula is C10H15N3O2. The number of hydrogen-bond donors (Lipinski definition) is 1. The molecule has 2 rings (SSSR count). The Kier molecular flexibility index (Phi) is 3.01. The van der Waals surface area contributed by atoms with Gasteiger partial charge in [-0.15, -0.1) is 0 Å². The van der Waals surface area contributed by atoms with Gasteiger partial charge in [-0.2, -0.15) is 0 Å². The molecule has 1 saturated carbocycles. The maximum absolute atomic E-state index is 5.17. The fourth-order valence-electron chi connectivity index (χ4n) is 1.42. The molecule has 1 heterocycles. The number of rotatable bonds is 5. The summed E-state index contributed by atoms with van der Waals surface area (Å²) in [6.07, 6.45) is 3.94. The molecule has 1 N–H and O–H groups in total. The van der Waals surface area contributed by atoms with Crippen molar-refractivity contribution in [3.63, 3.8) is 0 Å². The van der Waals surface area contributed by atoms with Gasteiger partial charge in [0, 0.05) is 12.6 Å². The first-order valence-electron chi connectivity index (χ1n) is 5.00. The zero-order chi connectivity index (χ0) is 10.7. The van der Waals surface area contributed by atoms with Crippen molar-refractivity contribution in [3.8, 4) is 11.8 Å². The Balaban J connectivity index is 2.15. The number of methoxy groups -OCH3 is 2. The molecule has 0 aromatic carbocycles. The van der Waals surface area contributed by atoms with Crippen molar-refractivity contribution in [3.05, 3.63) is 11.9 Å². The minimum absolute atomic E-state index is 0.579. The monoisotopic (exact) mass is 209 g/mol. The van der Waals surface area contributed by atoms with Crippen molar-refractivity contribution in [2.45, 2.75) is 25.4 Å². The smallest absolute Gasteiger partial charge is 0.224 e. The second kappa shape index (κ2) is 4.44. The van der Waals surface area contributed by atoms with E-state index in [9.17, 15) is 0 Å². The standard InChI is InChI=1S/C10H15N3O2/c1-14-9-8(5-11-7-3-4-7)10(15-2)13-6-12-9/h6-7,11H,3-5H2,1-2H3. The summed E-state index contributed by atoms with van der Waals surface area (Å²) in [6.45, 7) is 0.692. The van der Waals surface area contributed by atoms with E-state index in [2.05, 4.69) is 15.3 Å². The third-order valence-electron chi connectivity index (χ3n) is 2.40. The quantitative estimate of drug-likeness (QED) is 0.775. The molecule has 1 aliphatic carbocycles. The maximum atomic E-state index is 5.17. The van der Waals surface area contributed by atoms with E-state index in [0.717, 1.165) is 5.56 Å². The van der Waals surface area contributed by atoms with Crippen molar-refractivity contribution in [1.29, 1.82) is 0 Å². The minimum atomic E-state index is 0.579. The lowest BCUT2D eigenvalue weighted by Crippen LogP contribution is -2.17. The van der Waals surface area contributed by atoms with Crippen LogP contribution in [0.1, 0.15) is 18.4 Å². The van der Waals surface area contributed by atoms with E-state index in [1.165, 1.54) is 19.2 Å². The summed E-state index contributed by atoms with van der Waals surface area (Å²) in [7, 11) is 3.20. The van der Waals surface area contributed by atoms with Gasteiger partial charge in [-0.05, 0) is 12.8 Å². The van der Waals surface area contributed by atoms with Crippen molar-refractivity contribution in [1.82, 2.24) is 15.3 Å². The first kappa shape index (κ1) is 10.2. The van der Waals surface area contributed by atoms with Crippen LogP contribution in [-0.2, 0) is 6.54 Å². The molecule has 0 aliphatic heterocycles. The molecule has 0 atom stereocenters. The summed E-state index contributed by atoms with van der Waals surface area (Å²) in [5, 5.41) is 3.38. The number of nitrogens with zero attached hydrogens (tertiary/aromatic N) is 2. The number of ether oxygens (including phenoxy) is 2. The SMILES string of the molecule is COc1ncnc(OC)c1CNC1CC1. The van der Waals surface area contributed by atoms with Crippen LogP contribution in [-0.4, -0.2) is 30.2 Å². The second-order valence-electron chi connectivity index (χ2n) is 3.53. The van der Waals surface area contributed by atoms with Gasteiger partial charge in [-0.3, -0.25) is 0 Å². The number of aromatic nitrogens is 2. The molecule has 1 aromatic rings. The fraction of sp³-hybridized carbons (Fsp3) is 0.600. The van der Waals surface area contributed by atoms with Crippen LogP contribution in [0, 0.1) is 0 Å². The van der Waals surface area contributed by atoms with Crippen LogP contribution < -0.4 is 14.8 Å². The lowest BCUT2D eigenvalue weighted by molar-refractivity contribution is 0.359. The molecule has 0 spiro atoms. The van der Waals surface area contributed by atoms with Crippen LogP contribution in [0.4, 0.5) is 0 Å². The van der Waals surface area contributed by atoms with Crippen molar-refractivity contribution >= 4 is 0 Å². The number of nitrogens with one attached hydrogen (secondary N) is 1. The van der Waals surface area contributed by atoms with Crippen LogP contribution in [0.25, 0.3) is 0 Å². The first-order valence-corrected chi connectivity index (χ1v) is 5.00. The third kappa shape index (κ3) is 2.36. The fourth-order valence-corrected chi connectivity index (χ4v) is 1.42. The Hall–Kier alpha value is -1.36. The van der Waals surface area contributed by atoms with Crippen LogP contribution in [0.2, 0.25) is 0 Å². The van der Waals surface area contributed by atoms with Gasteiger partial charge in [0.25, 0.3) is 0 Å². The number of hydrogen-bond acceptors (Lipinski definition) is 5. The zero-order valence-corrected chi connectivity index (χ0v) is 8.99. The molecular weight excluding hydrogens is 194 g/mol. The molecule has 1 fully saturated rings. The molecule has 1 aromatic heterocycles. The maximum Gasteiger partial charge on any atom is 0.224 e. The van der Waals surface area contributed by atoms with Crippen molar-refractivity contribution in [2.75, 3.05) is 14.2 Å². The van der Waals surface area contributed by atoms with Gasteiger partial charge < -0.3 is 14.8 Å². The highest BCUT2D eigenvalue weighted by Gasteiger charge is 2.22. The summed E-state index contributed by atoms with van der Waals surface area (Å²) in [5.41, 5.74) is 0.884. The molecule has 0 bridgehead atoms. The molecule has 0 saturated heterocycles. The van der Waals surface area contributed by atoms with E-state index in [1.807, 2.05) is 0 Å². The molecule has 15 heavy (non-hydrogen) atoms. The average Bonchev–Trinajstić information content (AvgIpc) is 3.09. The molecule has 0 unspecified atom stereocenters. The van der Waals surface area contributed by atoms with E-state index in [0.29, 0.717) is 24.3 Å². The van der Waals surface area contributed by atoms with Gasteiger partial charge in [-0.1, -0.05) is 0 Å². The molecule has 5 nitrogen and oxygen atoms in total. The summed E-state index contributed by atoms with van der Waals surface area (Å²) in [4.78, 5) is 8.10. The van der Waals surface area contributed by atoms with Crippen molar-refractivity contribution < 1.29 is 9.47 Å². The van der Waals surface area contributed by atoms with Crippen LogP contribution in [0.5, 0.6) is 11.8 Å². The lowest BCUT2D eigenvalue weighted by Gasteiger charge is -2.10. The summed E-state index contributed by atoms with van der Waals surface area (Å²) in [6, 6.07) is 0.639. The molecule has 82 valence electrons. The van der Waals surface area contributed by atoms with Gasteiger partial charge in [0.2, 0.25) is 11.8 Å². The summed E-state index contributed by atoms with van der Waals surface area (Å²) in [5.74, 6) is 1.16. The van der Waals surface area contributed by atoms with E-state index in [1.54, 1.807) is 14.2 Å². The van der Waals surface area contributed by atoms with Gasteiger partial charge in [0.1, 0.15) is 6.33 Å². The van der Waals surface area contributed by atoms with E-state index < -0.39 is 0 Å². The predicted octanol–water partition coefficient (Wildman–Crippen LogP) is 0.746. The zero-order valence-electron chi connectivity index (χ0n) is 8.99. The van der Waals surface area contributed by atoms with E-state index in [-0.39, 0.29) is 0 Å². The summed E-state index contributed by atoms with van der Waals surface area (Å²) < 4.78 is 10.3. The molecule has 1 aliphatic rings. The van der Waals surface area contributed by atoms with Crippen LogP contribution >= 0.6 is 0 Å². The normalized spacial score (nSPS) is 15.1. The topological polar surface area (TPSA) is 56.3 Å². The second-order valence-corrected chi connectivity index (χ2v) is 3.53. The minimum Gasteiger partial charge on any atom is -0.481 e. The lowest BCUT2D eigenvalue weighted by atomic mass is 10.3. The Labute approximate surface area is 88.8 Å². The van der Waals surface area contributed by atoms with Gasteiger partial charge in [0.05, 0.1) is 19.8 Å². The Bertz CT molecular complexity index is 317. The molecule has 5 heteroatoms. The van der Waals surface area contributed by atoms with E-state index >= 15 is 0 Å². The Morgan fingerprint density at radius 1 is 1.27 bits per heavy atom. The van der Waals surface area contributed by atoms with Crippen LogP contribution in [0.15, 0.2) is 6.33 Å². The largest absolute Gasteiger partial charge is 0.481 e. The van der Waals surface area contributed by atoms with Gasteiger partial charge >= 0.3 is 0 Å². The van der Waals surface area contributed by atoms with Gasteiger partial charge in [-0.25, -0.2) is 9.97 Å². The highest BCUT2D eigenvalue weighted by Crippen LogP contribution is 2.25. The molecule has 0 radical (unpaired) electrons. The Morgan fingerprint density at radius 3 is 2.33 bits per heavy atom. The third-order valence-corrected chi connectivity index (χ3v) is 2.40. The van der Waals surface area contributed by atoms with E-state index in [4.69, 9.17) is 9.47 Å². The summed E-state index contributed by atoms with van der Waals surface area (Å²) >= 11 is 0. The predicted molar refractivity (Wildman–Crippen MR) is 55.0 cm³/mol. The Morgan fingerprint density at radius 2 is 1.87 bits per heavy atom. The van der Waals surface area contributed by atoms with Crippen LogP contribution in [0.3, 0.4) is 0 Å². The highest BCUT2D eigenvalue weighted by atomic mass is 16.5. The highest BCUT2D eigenvalue weighted by molar-refractivity contribution is 5.34. The molecule has 0 amide bonds. The average molecular weight is 209 g/mol. The van der Waals surface area contributed by atoms with Crippen molar-refractivity contribution in [2.24, 2.45) is 0 Å². The van der Waals surface area contributed by atoms with Gasteiger partial charge in [0.15, 0.2) is 0 Å². The first-order chi connectivity index (χ1) is 7.35.